The Labute approximate surface area is 186 Å². The first kappa shape index (κ1) is 21.0. The summed E-state index contributed by atoms with van der Waals surface area (Å²) in [4.78, 5) is 17.0. The number of hydrazone groups is 1. The van der Waals surface area contributed by atoms with Gasteiger partial charge in [-0.2, -0.15) is 5.10 Å². The maximum absolute atomic E-state index is 4.60. The lowest BCUT2D eigenvalue weighted by Crippen LogP contribution is -2.44. The number of anilines is 4. The number of aromatic nitrogens is 3. The largest absolute Gasteiger partial charge is 0.354 e. The molecule has 0 aliphatic carbocycles. The second-order valence-corrected chi connectivity index (χ2v) is 8.33. The standard InChI is InChI=1S/C22H26N8S/c1-15-12-17(5-7-19(15)29-23-3)4-6-18-14-25-22(31-18)28-20-13-21(27-16(2)26-20)30-10-8-24-9-11-30/h4-7,12-14,24,29H,3,8-11H2,1-2H3,(H,25,26,27,28)/b6-4+. The van der Waals surface area contributed by atoms with Crippen LogP contribution in [0.15, 0.2) is 35.6 Å². The zero-order valence-corrected chi connectivity index (χ0v) is 18.5. The Balaban J connectivity index is 1.44. The van der Waals surface area contributed by atoms with E-state index in [-0.39, 0.29) is 0 Å². The Morgan fingerprint density at radius 3 is 2.77 bits per heavy atom. The molecule has 1 aliphatic rings. The highest BCUT2D eigenvalue weighted by atomic mass is 32.1. The lowest BCUT2D eigenvalue weighted by molar-refractivity contribution is 0.584. The van der Waals surface area contributed by atoms with Crippen molar-refractivity contribution >= 4 is 52.7 Å². The molecule has 8 nitrogen and oxygen atoms in total. The van der Waals surface area contributed by atoms with Crippen LogP contribution in [0, 0.1) is 13.8 Å². The molecule has 0 saturated carbocycles. The minimum atomic E-state index is 0.746. The lowest BCUT2D eigenvalue weighted by Gasteiger charge is -2.28. The van der Waals surface area contributed by atoms with E-state index in [2.05, 4.69) is 65.9 Å². The van der Waals surface area contributed by atoms with Gasteiger partial charge in [0.05, 0.1) is 5.69 Å². The van der Waals surface area contributed by atoms with Crippen molar-refractivity contribution in [2.24, 2.45) is 5.10 Å². The van der Waals surface area contributed by atoms with Crippen LogP contribution < -0.4 is 21.0 Å². The second kappa shape index (κ2) is 9.67. The molecule has 3 heterocycles. The molecule has 0 radical (unpaired) electrons. The van der Waals surface area contributed by atoms with Gasteiger partial charge < -0.3 is 15.5 Å². The Bertz CT molecular complexity index is 1080. The van der Waals surface area contributed by atoms with Gasteiger partial charge in [-0.1, -0.05) is 23.5 Å². The second-order valence-electron chi connectivity index (χ2n) is 7.27. The topological polar surface area (TPSA) is 90.4 Å². The first-order valence-electron chi connectivity index (χ1n) is 10.2. The summed E-state index contributed by atoms with van der Waals surface area (Å²) in [6.07, 6.45) is 6.00. The minimum absolute atomic E-state index is 0.746. The molecule has 0 bridgehead atoms. The van der Waals surface area contributed by atoms with Crippen molar-refractivity contribution in [3.05, 3.63) is 52.3 Å². The Kier molecular flexibility index (Phi) is 6.54. The van der Waals surface area contributed by atoms with Crippen LogP contribution in [-0.4, -0.2) is 47.8 Å². The quantitative estimate of drug-likeness (QED) is 0.384. The number of aryl methyl sites for hydroxylation is 2. The average Bonchev–Trinajstić information content (AvgIpc) is 3.21. The van der Waals surface area contributed by atoms with Gasteiger partial charge in [-0.3, -0.25) is 5.43 Å². The SMILES string of the molecule is C=NNc1ccc(/C=C/c2cnc(Nc3cc(N4CCNCC4)nc(C)n3)s2)cc1C. The first-order chi connectivity index (χ1) is 15.1. The van der Waals surface area contributed by atoms with Gasteiger partial charge in [0.25, 0.3) is 0 Å². The zero-order chi connectivity index (χ0) is 21.6. The zero-order valence-electron chi connectivity index (χ0n) is 17.7. The fourth-order valence-electron chi connectivity index (χ4n) is 3.38. The summed E-state index contributed by atoms with van der Waals surface area (Å²) in [5.74, 6) is 2.46. The molecule has 2 aromatic heterocycles. The van der Waals surface area contributed by atoms with Crippen LogP contribution >= 0.6 is 11.3 Å². The van der Waals surface area contributed by atoms with Crippen molar-refractivity contribution in [2.45, 2.75) is 13.8 Å². The number of piperazine rings is 1. The van der Waals surface area contributed by atoms with E-state index >= 15 is 0 Å². The van der Waals surface area contributed by atoms with Gasteiger partial charge in [-0.05, 0) is 43.2 Å². The molecule has 1 saturated heterocycles. The summed E-state index contributed by atoms with van der Waals surface area (Å²) in [7, 11) is 0. The summed E-state index contributed by atoms with van der Waals surface area (Å²) in [6, 6.07) is 8.13. The van der Waals surface area contributed by atoms with Crippen LogP contribution in [0.1, 0.15) is 21.8 Å². The maximum Gasteiger partial charge on any atom is 0.188 e. The molecule has 0 atom stereocenters. The lowest BCUT2D eigenvalue weighted by atomic mass is 10.1. The van der Waals surface area contributed by atoms with Crippen LogP contribution in [0.3, 0.4) is 0 Å². The third kappa shape index (κ3) is 5.44. The predicted molar refractivity (Wildman–Crippen MR) is 131 cm³/mol. The first-order valence-corrected chi connectivity index (χ1v) is 11.0. The molecule has 1 aromatic carbocycles. The predicted octanol–water partition coefficient (Wildman–Crippen LogP) is 3.90. The summed E-state index contributed by atoms with van der Waals surface area (Å²) >= 11 is 1.58. The number of hydrogen-bond acceptors (Lipinski definition) is 9. The van der Waals surface area contributed by atoms with Crippen LogP contribution in [0.2, 0.25) is 0 Å². The molecular formula is C22H26N8S. The molecule has 0 unspecified atom stereocenters. The summed E-state index contributed by atoms with van der Waals surface area (Å²) < 4.78 is 0. The molecule has 4 rings (SSSR count). The molecule has 1 aliphatic heterocycles. The summed E-state index contributed by atoms with van der Waals surface area (Å²) in [5.41, 5.74) is 6.07. The van der Waals surface area contributed by atoms with Gasteiger partial charge in [-0.15, -0.1) is 0 Å². The average molecular weight is 435 g/mol. The maximum atomic E-state index is 4.60. The van der Waals surface area contributed by atoms with Crippen molar-refractivity contribution in [1.29, 1.82) is 0 Å². The highest BCUT2D eigenvalue weighted by Crippen LogP contribution is 2.26. The van der Waals surface area contributed by atoms with Gasteiger partial charge in [0.1, 0.15) is 17.5 Å². The van der Waals surface area contributed by atoms with Crippen molar-refractivity contribution in [2.75, 3.05) is 41.8 Å². The number of thiazole rings is 1. The number of hydrogen-bond donors (Lipinski definition) is 3. The van der Waals surface area contributed by atoms with E-state index in [1.165, 1.54) is 0 Å². The Morgan fingerprint density at radius 1 is 1.16 bits per heavy atom. The fraction of sp³-hybridized carbons (Fsp3) is 0.273. The van der Waals surface area contributed by atoms with E-state index in [9.17, 15) is 0 Å². The van der Waals surface area contributed by atoms with Gasteiger partial charge in [-0.25, -0.2) is 15.0 Å². The van der Waals surface area contributed by atoms with Crippen LogP contribution in [-0.2, 0) is 0 Å². The third-order valence-electron chi connectivity index (χ3n) is 4.91. The molecule has 9 heteroatoms. The van der Waals surface area contributed by atoms with E-state index in [4.69, 9.17) is 0 Å². The number of nitrogens with one attached hydrogen (secondary N) is 3. The van der Waals surface area contributed by atoms with E-state index in [0.717, 1.165) is 70.5 Å². The van der Waals surface area contributed by atoms with Crippen LogP contribution in [0.4, 0.5) is 22.5 Å². The van der Waals surface area contributed by atoms with Gasteiger partial charge >= 0.3 is 0 Å². The summed E-state index contributed by atoms with van der Waals surface area (Å²) in [6.45, 7) is 11.3. The fourth-order valence-corrected chi connectivity index (χ4v) is 4.11. The van der Waals surface area contributed by atoms with E-state index in [1.54, 1.807) is 11.3 Å². The van der Waals surface area contributed by atoms with Crippen molar-refractivity contribution in [3.8, 4) is 0 Å². The van der Waals surface area contributed by atoms with Gasteiger partial charge in [0.15, 0.2) is 5.13 Å². The normalized spacial score (nSPS) is 14.1. The molecule has 0 amide bonds. The molecule has 3 N–H and O–H groups in total. The molecule has 160 valence electrons. The van der Waals surface area contributed by atoms with Crippen LogP contribution in [0.5, 0.6) is 0 Å². The Hall–Kier alpha value is -3.30. The minimum Gasteiger partial charge on any atom is -0.354 e. The van der Waals surface area contributed by atoms with E-state index in [0.29, 0.717) is 0 Å². The third-order valence-corrected chi connectivity index (χ3v) is 5.79. The number of rotatable bonds is 7. The monoisotopic (exact) mass is 434 g/mol. The van der Waals surface area contributed by atoms with E-state index in [1.807, 2.05) is 38.2 Å². The van der Waals surface area contributed by atoms with Crippen molar-refractivity contribution in [3.63, 3.8) is 0 Å². The van der Waals surface area contributed by atoms with E-state index < -0.39 is 0 Å². The summed E-state index contributed by atoms with van der Waals surface area (Å²) in [5, 5.41) is 11.2. The smallest absolute Gasteiger partial charge is 0.188 e. The molecular weight excluding hydrogens is 408 g/mol. The molecule has 0 spiro atoms. The number of nitrogens with zero attached hydrogens (tertiary/aromatic N) is 5. The van der Waals surface area contributed by atoms with Crippen LogP contribution in [0.25, 0.3) is 12.2 Å². The van der Waals surface area contributed by atoms with Crippen molar-refractivity contribution in [1.82, 2.24) is 20.3 Å². The highest BCUT2D eigenvalue weighted by Gasteiger charge is 2.14. The molecule has 31 heavy (non-hydrogen) atoms. The number of benzene rings is 1. The molecule has 3 aromatic rings. The van der Waals surface area contributed by atoms with Gasteiger partial charge in [0.2, 0.25) is 0 Å². The van der Waals surface area contributed by atoms with Crippen molar-refractivity contribution < 1.29 is 0 Å². The van der Waals surface area contributed by atoms with Gasteiger partial charge in [0, 0.05) is 50.0 Å². The Morgan fingerprint density at radius 2 is 2.00 bits per heavy atom. The molecule has 1 fully saturated rings. The highest BCUT2D eigenvalue weighted by molar-refractivity contribution is 7.16.